The van der Waals surface area contributed by atoms with Gasteiger partial charge in [-0.25, -0.2) is 0 Å². The molecule has 0 fully saturated rings. The van der Waals surface area contributed by atoms with Crippen LogP contribution in [-0.2, 0) is 22.9 Å². The van der Waals surface area contributed by atoms with Crippen molar-refractivity contribution in [1.82, 2.24) is 0 Å². The van der Waals surface area contributed by atoms with E-state index in [1.165, 1.54) is 24.0 Å². The van der Waals surface area contributed by atoms with Gasteiger partial charge in [0.2, 0.25) is 0 Å². The summed E-state index contributed by atoms with van der Waals surface area (Å²) < 4.78 is 3.65. The Hall–Kier alpha value is 0.120. The maximum absolute atomic E-state index is 2.41. The van der Waals surface area contributed by atoms with Gasteiger partial charge in [0, 0.05) is 0 Å². The van der Waals surface area contributed by atoms with Crippen LogP contribution in [-0.4, -0.2) is 0 Å². The first-order valence-electron chi connectivity index (χ1n) is 5.60. The Morgan fingerprint density at radius 1 is 0.875 bits per heavy atom. The molecule has 2 aliphatic carbocycles. The molecule has 0 heterocycles. The fourth-order valence-electron chi connectivity index (χ4n) is 2.07. The predicted molar refractivity (Wildman–Crippen MR) is 70.5 cm³/mol. The summed E-state index contributed by atoms with van der Waals surface area (Å²) in [5.41, 5.74) is 6.28. The normalized spacial score (nSPS) is 19.8. The van der Waals surface area contributed by atoms with Crippen LogP contribution in [0, 0.1) is 0 Å². The van der Waals surface area contributed by atoms with Crippen LogP contribution in [0.2, 0.25) is 0 Å². The predicted octanol–water partition coefficient (Wildman–Crippen LogP) is 4.85. The number of allylic oxidation sites excluding steroid dienone is 8. The van der Waals surface area contributed by atoms with Crippen molar-refractivity contribution in [3.8, 4) is 0 Å². The molecule has 0 nitrogen and oxygen atoms in total. The topological polar surface area (TPSA) is 0 Å². The van der Waals surface area contributed by atoms with Gasteiger partial charge in [-0.2, -0.15) is 0 Å². The van der Waals surface area contributed by atoms with Crippen molar-refractivity contribution in [3.63, 3.8) is 0 Å². The van der Waals surface area contributed by atoms with Gasteiger partial charge in [0.25, 0.3) is 0 Å². The minimum absolute atomic E-state index is 0. The van der Waals surface area contributed by atoms with Crippen LogP contribution in [0.3, 0.4) is 0 Å². The van der Waals surface area contributed by atoms with Crippen molar-refractivity contribution in [3.05, 3.63) is 41.1 Å². The molecular weight excluding hydrogens is 382 g/mol. The molecule has 0 aliphatic heterocycles. The summed E-state index contributed by atoms with van der Waals surface area (Å²) in [6, 6.07) is 0. The summed E-state index contributed by atoms with van der Waals surface area (Å²) in [6.07, 6.45) is 7.33. The van der Waals surface area contributed by atoms with E-state index in [0.717, 1.165) is 0 Å². The van der Waals surface area contributed by atoms with Crippen molar-refractivity contribution in [2.45, 2.75) is 40.5 Å². The third-order valence-electron chi connectivity index (χ3n) is 3.61. The summed E-state index contributed by atoms with van der Waals surface area (Å²) in [5.74, 6) is 0. The van der Waals surface area contributed by atoms with E-state index >= 15 is 0 Å². The van der Waals surface area contributed by atoms with E-state index in [1.54, 1.807) is 11.1 Å². The average molecular weight is 402 g/mol. The van der Waals surface area contributed by atoms with E-state index in [1.807, 2.05) is 6.66 Å². The third kappa shape index (κ3) is 2.68. The molecule has 88 valence electrons. The van der Waals surface area contributed by atoms with Crippen LogP contribution in [0.15, 0.2) is 41.1 Å². The van der Waals surface area contributed by atoms with Gasteiger partial charge in [0.15, 0.2) is 0 Å². The largest absolute Gasteiger partial charge is 1.00 e. The van der Waals surface area contributed by atoms with E-state index in [0.29, 0.717) is 0 Å². The molecule has 0 atom stereocenters. The van der Waals surface area contributed by atoms with Crippen LogP contribution in [0.25, 0.3) is 0 Å². The van der Waals surface area contributed by atoms with Gasteiger partial charge >= 0.3 is 105 Å². The first-order valence-corrected chi connectivity index (χ1v) is 9.19. The molecule has 0 radical (unpaired) electrons. The van der Waals surface area contributed by atoms with Gasteiger partial charge in [-0.15, -0.1) is 12.4 Å². The van der Waals surface area contributed by atoms with Crippen LogP contribution >= 0.6 is 12.4 Å². The third-order valence-corrected chi connectivity index (χ3v) is 9.94. The standard InChI is InChI=1S/2C7H9.ClH.Hf.H/c2*1-6-4-3-5-7(6)2;;;/h2*4H,3H2,1-2H3;1H;;/q;;;;-1. The number of halogens is 1. The van der Waals surface area contributed by atoms with Gasteiger partial charge in [0.05, 0.1) is 0 Å². The van der Waals surface area contributed by atoms with Crippen molar-refractivity contribution in [1.29, 1.82) is 0 Å². The summed E-state index contributed by atoms with van der Waals surface area (Å²) in [6.45, 7) is 9.13. The molecule has 0 saturated heterocycles. The summed E-state index contributed by atoms with van der Waals surface area (Å²) in [7, 11) is 0. The first-order chi connectivity index (χ1) is 7.09. The van der Waals surface area contributed by atoms with Gasteiger partial charge in [-0.1, -0.05) is 0 Å². The molecule has 0 bridgehead atoms. The number of hydrogen-bond acceptors (Lipinski definition) is 0. The van der Waals surface area contributed by atoms with Crippen LogP contribution in [0.5, 0.6) is 0 Å². The summed E-state index contributed by atoms with van der Waals surface area (Å²) in [5, 5.41) is 0. The molecule has 2 rings (SSSR count). The van der Waals surface area contributed by atoms with Crippen molar-refractivity contribution >= 4 is 12.4 Å². The van der Waals surface area contributed by atoms with Crippen molar-refractivity contribution in [2.75, 3.05) is 0 Å². The second kappa shape index (κ2) is 5.64. The molecule has 16 heavy (non-hydrogen) atoms. The molecule has 0 amide bonds. The summed E-state index contributed by atoms with van der Waals surface area (Å²) in [4.78, 5) is 0. The number of rotatable bonds is 2. The number of hydrogen-bond donors (Lipinski definition) is 0. The maximum Gasteiger partial charge on any atom is -0.147 e. The van der Waals surface area contributed by atoms with Gasteiger partial charge < -0.3 is 1.43 Å². The van der Waals surface area contributed by atoms with Crippen molar-refractivity contribution < 1.29 is 24.3 Å². The molecule has 2 aliphatic rings. The average Bonchev–Trinajstić information content (AvgIpc) is 2.68. The fraction of sp³-hybridized carbons (Fsp3) is 0.429. The second-order valence-corrected chi connectivity index (χ2v) is 9.75. The van der Waals surface area contributed by atoms with Crippen LogP contribution in [0.4, 0.5) is 0 Å². The zero-order valence-electron chi connectivity index (χ0n) is 11.5. The smallest absolute Gasteiger partial charge is 0.147 e. The van der Waals surface area contributed by atoms with E-state index in [9.17, 15) is 0 Å². The van der Waals surface area contributed by atoms with Gasteiger partial charge in [-0.3, -0.25) is 0 Å². The second-order valence-electron chi connectivity index (χ2n) is 4.51. The monoisotopic (exact) mass is 403 g/mol. The molecule has 0 N–H and O–H groups in total. The zero-order valence-corrected chi connectivity index (χ0v) is 14.9. The molecule has 0 aromatic carbocycles. The Kier molecular flexibility index (Phi) is 5.00. The maximum atomic E-state index is 2.41. The minimum atomic E-state index is -0.672. The minimum Gasteiger partial charge on any atom is -1.00 e. The van der Waals surface area contributed by atoms with E-state index < -0.39 is 22.9 Å². The Morgan fingerprint density at radius 2 is 1.25 bits per heavy atom. The molecule has 2 heteroatoms. The van der Waals surface area contributed by atoms with Crippen LogP contribution < -0.4 is 0 Å². The molecule has 0 saturated carbocycles. The van der Waals surface area contributed by atoms with E-state index in [4.69, 9.17) is 0 Å². The SMILES string of the molecule is CC1=CC[C]([Hf][C]2=C(C)C(C)=CC2)=C1C.Cl.[H-]. The quantitative estimate of drug-likeness (QED) is 0.580. The van der Waals surface area contributed by atoms with E-state index in [2.05, 4.69) is 39.8 Å². The molecule has 0 aromatic rings. The molecule has 0 unspecified atom stereocenters. The Morgan fingerprint density at radius 3 is 1.50 bits per heavy atom. The Labute approximate surface area is 118 Å². The van der Waals surface area contributed by atoms with Gasteiger partial charge in [-0.05, 0) is 0 Å². The Bertz CT molecular complexity index is 388. The zero-order chi connectivity index (χ0) is 11.0. The Balaban J connectivity index is 0.00000128. The molecular formula is C14H20ClHf-. The van der Waals surface area contributed by atoms with Crippen LogP contribution in [0.1, 0.15) is 42.0 Å². The molecule has 0 spiro atoms. The summed E-state index contributed by atoms with van der Waals surface area (Å²) >= 11 is -0.672. The first kappa shape index (κ1) is 14.2. The van der Waals surface area contributed by atoms with E-state index in [-0.39, 0.29) is 13.8 Å². The fourth-order valence-corrected chi connectivity index (χ4v) is 7.61. The van der Waals surface area contributed by atoms with Crippen molar-refractivity contribution in [2.24, 2.45) is 0 Å². The molecule has 0 aromatic heterocycles. The van der Waals surface area contributed by atoms with Gasteiger partial charge in [0.1, 0.15) is 0 Å².